The third-order valence-corrected chi connectivity index (χ3v) is 7.00. The normalized spacial score (nSPS) is 13.1. The van der Waals surface area contributed by atoms with Gasteiger partial charge in [-0.1, -0.05) is 92.7 Å². The Morgan fingerprint density at radius 2 is 1.17 bits per heavy atom. The fraction of sp³-hybridized carbons (Fsp3) is 0.378. The van der Waals surface area contributed by atoms with Crippen LogP contribution in [-0.2, 0) is 36.7 Å². The van der Waals surface area contributed by atoms with Crippen LogP contribution in [0.15, 0.2) is 91.0 Å². The molecule has 3 amide bonds. The van der Waals surface area contributed by atoms with Gasteiger partial charge in [0.25, 0.3) is 0 Å². The quantitative estimate of drug-likeness (QED) is 0.163. The second-order valence-electron chi connectivity index (χ2n) is 12.7. The van der Waals surface area contributed by atoms with Gasteiger partial charge < -0.3 is 25.4 Å². The van der Waals surface area contributed by atoms with E-state index in [-0.39, 0.29) is 30.7 Å². The smallest absolute Gasteiger partial charge is 0.408 e. The number of amides is 3. The van der Waals surface area contributed by atoms with Crippen LogP contribution in [0.5, 0.6) is 0 Å². The average Bonchev–Trinajstić information content (AvgIpc) is 3.02. The first-order chi connectivity index (χ1) is 22.3. The first-order valence-corrected chi connectivity index (χ1v) is 15.8. The molecule has 3 aromatic rings. The van der Waals surface area contributed by atoms with Crippen molar-refractivity contribution in [2.75, 3.05) is 0 Å². The molecule has 0 aliphatic rings. The van der Waals surface area contributed by atoms with Gasteiger partial charge in [-0.15, -0.1) is 0 Å². The van der Waals surface area contributed by atoms with Gasteiger partial charge in [0.15, 0.2) is 0 Å². The lowest BCUT2D eigenvalue weighted by molar-refractivity contribution is -0.143. The van der Waals surface area contributed by atoms with Crippen molar-refractivity contribution >= 4 is 29.8 Å². The van der Waals surface area contributed by atoms with Crippen LogP contribution in [0.25, 0.3) is 0 Å². The van der Waals surface area contributed by atoms with Gasteiger partial charge in [-0.25, -0.2) is 14.4 Å². The fourth-order valence-electron chi connectivity index (χ4n) is 4.76. The minimum atomic E-state index is -1.22. The zero-order valence-corrected chi connectivity index (χ0v) is 27.7. The molecule has 0 spiro atoms. The number of alkyl carbamates (subject to hydrolysis) is 1. The second kappa shape index (κ2) is 17.6. The molecule has 0 fully saturated rings. The summed E-state index contributed by atoms with van der Waals surface area (Å²) in [4.78, 5) is 66.1. The molecule has 0 unspecified atom stereocenters. The minimum absolute atomic E-state index is 0.0215. The number of ether oxygens (including phenoxy) is 2. The van der Waals surface area contributed by atoms with Gasteiger partial charge >= 0.3 is 18.0 Å². The van der Waals surface area contributed by atoms with Crippen molar-refractivity contribution in [1.29, 1.82) is 0 Å². The maximum atomic E-state index is 13.8. The van der Waals surface area contributed by atoms with Crippen LogP contribution in [-0.4, -0.2) is 53.6 Å². The standard InChI is InChI=1S/C37H45N3O7/c1-25(2)23-30(38-32(41)29(40-36(45)47-37(3,4)5)22-21-26-15-9-6-10-16-26)33(42)39-31(24-27-17-11-7-12-18-27)35(44)46-34(43)28-19-13-8-14-20-28/h6-20,25,29-31H,21-24H2,1-5H3,(H,38,41)(H,39,42)(H,40,45)/t29-,30-,31-/m0/s1. The van der Waals surface area contributed by atoms with E-state index in [1.54, 1.807) is 63.2 Å². The highest BCUT2D eigenvalue weighted by Gasteiger charge is 2.32. The van der Waals surface area contributed by atoms with Crippen LogP contribution in [0.2, 0.25) is 0 Å². The molecule has 0 aliphatic carbocycles. The third-order valence-electron chi connectivity index (χ3n) is 7.00. The number of hydrogen-bond donors (Lipinski definition) is 3. The van der Waals surface area contributed by atoms with Crippen molar-refractivity contribution in [1.82, 2.24) is 16.0 Å². The van der Waals surface area contributed by atoms with Crippen molar-refractivity contribution in [2.45, 2.75) is 84.0 Å². The number of carbonyl (C=O) groups excluding carboxylic acids is 5. The van der Waals surface area contributed by atoms with Crippen molar-refractivity contribution in [2.24, 2.45) is 5.92 Å². The molecule has 3 aromatic carbocycles. The Kier molecular flexibility index (Phi) is 13.7. The molecule has 0 aliphatic heterocycles. The Morgan fingerprint density at radius 3 is 1.72 bits per heavy atom. The fourth-order valence-corrected chi connectivity index (χ4v) is 4.76. The molecule has 10 nitrogen and oxygen atoms in total. The molecule has 47 heavy (non-hydrogen) atoms. The zero-order valence-electron chi connectivity index (χ0n) is 27.7. The van der Waals surface area contributed by atoms with Crippen LogP contribution < -0.4 is 16.0 Å². The Labute approximate surface area is 276 Å². The van der Waals surface area contributed by atoms with E-state index in [0.717, 1.165) is 11.1 Å². The number of carbonyl (C=O) groups is 5. The van der Waals surface area contributed by atoms with Gasteiger partial charge in [0.2, 0.25) is 11.8 Å². The number of esters is 2. The Morgan fingerprint density at radius 1 is 0.660 bits per heavy atom. The lowest BCUT2D eigenvalue weighted by Crippen LogP contribution is -2.57. The summed E-state index contributed by atoms with van der Waals surface area (Å²) in [6.07, 6.45) is 0.261. The van der Waals surface area contributed by atoms with Gasteiger partial charge in [0.1, 0.15) is 23.7 Å². The summed E-state index contributed by atoms with van der Waals surface area (Å²) in [5.74, 6) is -3.00. The summed E-state index contributed by atoms with van der Waals surface area (Å²) in [6, 6.07) is 23.3. The average molecular weight is 644 g/mol. The molecule has 250 valence electrons. The topological polar surface area (TPSA) is 140 Å². The van der Waals surface area contributed by atoms with Gasteiger partial charge in [0, 0.05) is 6.42 Å². The largest absolute Gasteiger partial charge is 0.444 e. The second-order valence-corrected chi connectivity index (χ2v) is 12.7. The van der Waals surface area contributed by atoms with Gasteiger partial charge in [-0.3, -0.25) is 9.59 Å². The molecule has 10 heteroatoms. The number of hydrogen-bond acceptors (Lipinski definition) is 7. The summed E-state index contributed by atoms with van der Waals surface area (Å²) in [5.41, 5.74) is 1.11. The van der Waals surface area contributed by atoms with E-state index in [1.165, 1.54) is 12.1 Å². The maximum absolute atomic E-state index is 13.8. The lowest BCUT2D eigenvalue weighted by Gasteiger charge is -2.27. The zero-order chi connectivity index (χ0) is 34.4. The van der Waals surface area contributed by atoms with Crippen molar-refractivity contribution < 1.29 is 33.4 Å². The Balaban J connectivity index is 1.80. The molecular weight excluding hydrogens is 598 g/mol. The highest BCUT2D eigenvalue weighted by molar-refractivity contribution is 5.99. The van der Waals surface area contributed by atoms with E-state index in [9.17, 15) is 24.0 Å². The van der Waals surface area contributed by atoms with Crippen molar-refractivity contribution in [3.63, 3.8) is 0 Å². The number of aryl methyl sites for hydroxylation is 1. The van der Waals surface area contributed by atoms with Gasteiger partial charge in [-0.2, -0.15) is 0 Å². The minimum Gasteiger partial charge on any atom is -0.444 e. The third kappa shape index (κ3) is 13.1. The van der Waals surface area contributed by atoms with Crippen molar-refractivity contribution in [3.05, 3.63) is 108 Å². The van der Waals surface area contributed by atoms with E-state index in [1.807, 2.05) is 50.2 Å². The summed E-state index contributed by atoms with van der Waals surface area (Å²) in [7, 11) is 0. The summed E-state index contributed by atoms with van der Waals surface area (Å²) in [6.45, 7) is 8.95. The monoisotopic (exact) mass is 643 g/mol. The SMILES string of the molecule is CC(C)C[C@H](NC(=O)[C@H](CCc1ccccc1)NC(=O)OC(C)(C)C)C(=O)N[C@@H](Cc1ccccc1)C(=O)OC(=O)c1ccccc1. The van der Waals surface area contributed by atoms with E-state index in [0.29, 0.717) is 6.42 Å². The molecule has 3 N–H and O–H groups in total. The van der Waals surface area contributed by atoms with Gasteiger partial charge in [-0.05, 0) is 69.2 Å². The molecule has 0 heterocycles. The van der Waals surface area contributed by atoms with Crippen LogP contribution in [0.4, 0.5) is 4.79 Å². The molecule has 3 atom stereocenters. The molecule has 0 radical (unpaired) electrons. The molecule has 0 aromatic heterocycles. The van der Waals surface area contributed by atoms with Gasteiger partial charge in [0.05, 0.1) is 5.56 Å². The molecule has 0 saturated heterocycles. The Bertz CT molecular complexity index is 1470. The van der Waals surface area contributed by atoms with Crippen LogP contribution in [0.3, 0.4) is 0 Å². The first-order valence-electron chi connectivity index (χ1n) is 15.8. The highest BCUT2D eigenvalue weighted by Crippen LogP contribution is 2.13. The number of rotatable bonds is 14. The van der Waals surface area contributed by atoms with Crippen LogP contribution in [0, 0.1) is 5.92 Å². The van der Waals surface area contributed by atoms with E-state index >= 15 is 0 Å². The Hall–Kier alpha value is -4.99. The molecular formula is C37H45N3O7. The number of benzene rings is 3. The highest BCUT2D eigenvalue weighted by atomic mass is 16.6. The molecule has 0 bridgehead atoms. The van der Waals surface area contributed by atoms with Crippen LogP contribution >= 0.6 is 0 Å². The predicted molar refractivity (Wildman–Crippen MR) is 178 cm³/mol. The summed E-state index contributed by atoms with van der Waals surface area (Å²) < 4.78 is 10.6. The van der Waals surface area contributed by atoms with Crippen molar-refractivity contribution in [3.8, 4) is 0 Å². The predicted octanol–water partition coefficient (Wildman–Crippen LogP) is 5.15. The van der Waals surface area contributed by atoms with E-state index in [2.05, 4.69) is 16.0 Å². The molecule has 3 rings (SSSR count). The van der Waals surface area contributed by atoms with E-state index in [4.69, 9.17) is 9.47 Å². The maximum Gasteiger partial charge on any atom is 0.408 e. The summed E-state index contributed by atoms with van der Waals surface area (Å²) >= 11 is 0. The van der Waals surface area contributed by atoms with Crippen LogP contribution in [0.1, 0.15) is 68.9 Å². The first kappa shape index (κ1) is 36.5. The van der Waals surface area contributed by atoms with E-state index < -0.39 is 53.6 Å². The molecule has 0 saturated carbocycles. The lowest BCUT2D eigenvalue weighted by atomic mass is 10.00. The number of nitrogens with one attached hydrogen (secondary N) is 3. The summed E-state index contributed by atoms with van der Waals surface area (Å²) in [5, 5.41) is 8.15.